The van der Waals surface area contributed by atoms with Gasteiger partial charge in [-0.15, -0.1) is 0 Å². The van der Waals surface area contributed by atoms with E-state index >= 15 is 0 Å². The number of halogens is 1. The second-order valence-electron chi connectivity index (χ2n) is 4.15. The molecule has 1 saturated heterocycles. The highest BCUT2D eigenvalue weighted by Gasteiger charge is 2.29. The van der Waals surface area contributed by atoms with Crippen LogP contribution >= 0.6 is 22.6 Å². The minimum absolute atomic E-state index is 0.115. The predicted molar refractivity (Wildman–Crippen MR) is 69.7 cm³/mol. The molecule has 88 valence electrons. The Morgan fingerprint density at radius 1 is 1.75 bits per heavy atom. The van der Waals surface area contributed by atoms with Crippen molar-refractivity contribution in [1.82, 2.24) is 9.97 Å². The molecule has 0 amide bonds. The zero-order valence-electron chi connectivity index (χ0n) is 9.05. The van der Waals surface area contributed by atoms with Crippen molar-refractivity contribution in [1.29, 1.82) is 0 Å². The Morgan fingerprint density at radius 3 is 3.25 bits per heavy atom. The number of H-pyrrole nitrogens is 1. The van der Waals surface area contributed by atoms with Crippen molar-refractivity contribution in [3.63, 3.8) is 0 Å². The number of rotatable bonds is 3. The number of ether oxygens (including phenoxy) is 1. The van der Waals surface area contributed by atoms with E-state index in [0.29, 0.717) is 15.9 Å². The van der Waals surface area contributed by atoms with Crippen LogP contribution in [-0.2, 0) is 4.74 Å². The highest BCUT2D eigenvalue weighted by Crippen LogP contribution is 2.25. The smallest absolute Gasteiger partial charge is 0.266 e. The van der Waals surface area contributed by atoms with Crippen LogP contribution in [0.5, 0.6) is 0 Å². The van der Waals surface area contributed by atoms with E-state index in [1.54, 1.807) is 0 Å². The van der Waals surface area contributed by atoms with Crippen LogP contribution in [0.3, 0.4) is 0 Å². The standard InChI is InChI=1S/C10H14IN3O2/c1-10(3-2-4-16-10)5-12-8-7(11)9(15)14-6-13-8/h6H,2-5H2,1H3,(H2,12,13,14,15). The molecule has 1 atom stereocenters. The lowest BCUT2D eigenvalue weighted by Crippen LogP contribution is -2.33. The van der Waals surface area contributed by atoms with Crippen LogP contribution in [0.25, 0.3) is 0 Å². The number of aromatic nitrogens is 2. The second kappa shape index (κ2) is 4.70. The molecule has 0 radical (unpaired) electrons. The Hall–Kier alpha value is -0.630. The van der Waals surface area contributed by atoms with Crippen molar-refractivity contribution in [3.8, 4) is 0 Å². The topological polar surface area (TPSA) is 67.0 Å². The van der Waals surface area contributed by atoms with Crippen LogP contribution in [0, 0.1) is 3.57 Å². The van der Waals surface area contributed by atoms with E-state index in [1.807, 2.05) is 22.6 Å². The fourth-order valence-corrected chi connectivity index (χ4v) is 2.24. The molecule has 2 rings (SSSR count). The van der Waals surface area contributed by atoms with Gasteiger partial charge in [0, 0.05) is 13.2 Å². The maximum atomic E-state index is 11.3. The van der Waals surface area contributed by atoms with Gasteiger partial charge in [-0.05, 0) is 42.4 Å². The Kier molecular flexibility index (Phi) is 3.48. The van der Waals surface area contributed by atoms with Crippen LogP contribution in [0.4, 0.5) is 5.82 Å². The van der Waals surface area contributed by atoms with Crippen molar-refractivity contribution in [3.05, 3.63) is 20.3 Å². The van der Waals surface area contributed by atoms with E-state index in [4.69, 9.17) is 4.74 Å². The second-order valence-corrected chi connectivity index (χ2v) is 5.23. The molecule has 1 aliphatic rings. The molecule has 0 aromatic carbocycles. The summed E-state index contributed by atoms with van der Waals surface area (Å²) in [4.78, 5) is 18.0. The summed E-state index contributed by atoms with van der Waals surface area (Å²) in [5.41, 5.74) is -0.247. The van der Waals surface area contributed by atoms with Crippen LogP contribution in [0.2, 0.25) is 0 Å². The van der Waals surface area contributed by atoms with Gasteiger partial charge in [-0.2, -0.15) is 0 Å². The zero-order chi connectivity index (χ0) is 11.6. The Labute approximate surface area is 107 Å². The Balaban J connectivity index is 2.04. The third kappa shape index (κ3) is 2.54. The largest absolute Gasteiger partial charge is 0.373 e. The van der Waals surface area contributed by atoms with Gasteiger partial charge < -0.3 is 15.0 Å². The number of aromatic amines is 1. The molecule has 1 aromatic rings. The van der Waals surface area contributed by atoms with Crippen LogP contribution in [0.1, 0.15) is 19.8 Å². The lowest BCUT2D eigenvalue weighted by molar-refractivity contribution is 0.0314. The normalized spacial score (nSPS) is 24.6. The molecule has 0 bridgehead atoms. The molecule has 0 aliphatic carbocycles. The quantitative estimate of drug-likeness (QED) is 0.819. The van der Waals surface area contributed by atoms with E-state index in [0.717, 1.165) is 19.4 Å². The van der Waals surface area contributed by atoms with E-state index in [-0.39, 0.29) is 11.2 Å². The minimum Gasteiger partial charge on any atom is -0.373 e. The van der Waals surface area contributed by atoms with E-state index in [9.17, 15) is 4.79 Å². The van der Waals surface area contributed by atoms with Crippen molar-refractivity contribution in [2.45, 2.75) is 25.4 Å². The summed E-state index contributed by atoms with van der Waals surface area (Å²) in [5, 5.41) is 3.17. The lowest BCUT2D eigenvalue weighted by Gasteiger charge is -2.23. The first-order valence-electron chi connectivity index (χ1n) is 5.22. The van der Waals surface area contributed by atoms with Gasteiger partial charge in [-0.1, -0.05) is 0 Å². The summed E-state index contributed by atoms with van der Waals surface area (Å²) in [6, 6.07) is 0. The average Bonchev–Trinajstić information content (AvgIpc) is 2.68. The molecule has 2 heterocycles. The van der Waals surface area contributed by atoms with Crippen molar-refractivity contribution in [2.24, 2.45) is 0 Å². The molecular weight excluding hydrogens is 321 g/mol. The molecule has 6 heteroatoms. The molecule has 1 aromatic heterocycles. The van der Waals surface area contributed by atoms with Crippen molar-refractivity contribution >= 4 is 28.4 Å². The number of anilines is 1. The van der Waals surface area contributed by atoms with Crippen molar-refractivity contribution in [2.75, 3.05) is 18.5 Å². The maximum absolute atomic E-state index is 11.3. The first-order valence-corrected chi connectivity index (χ1v) is 6.30. The summed E-state index contributed by atoms with van der Waals surface area (Å²) >= 11 is 1.99. The number of hydrogen-bond donors (Lipinski definition) is 2. The fourth-order valence-electron chi connectivity index (χ4n) is 1.75. The first kappa shape index (κ1) is 11.8. The zero-order valence-corrected chi connectivity index (χ0v) is 11.2. The van der Waals surface area contributed by atoms with E-state index in [2.05, 4.69) is 22.2 Å². The molecule has 1 unspecified atom stereocenters. The van der Waals surface area contributed by atoms with Gasteiger partial charge in [0.15, 0.2) is 0 Å². The molecular formula is C10H14IN3O2. The highest BCUT2D eigenvalue weighted by atomic mass is 127. The number of nitrogens with one attached hydrogen (secondary N) is 2. The first-order chi connectivity index (χ1) is 7.61. The van der Waals surface area contributed by atoms with Crippen LogP contribution in [-0.4, -0.2) is 28.7 Å². The fraction of sp³-hybridized carbons (Fsp3) is 0.600. The Bertz CT molecular complexity index is 426. The lowest BCUT2D eigenvalue weighted by atomic mass is 10.0. The number of hydrogen-bond acceptors (Lipinski definition) is 4. The third-order valence-corrected chi connectivity index (χ3v) is 3.73. The van der Waals surface area contributed by atoms with Gasteiger partial charge in [0.2, 0.25) is 0 Å². The SMILES string of the molecule is CC1(CNc2nc[nH]c(=O)c2I)CCCO1. The molecule has 1 aliphatic heterocycles. The summed E-state index contributed by atoms with van der Waals surface area (Å²) in [5.74, 6) is 0.626. The summed E-state index contributed by atoms with van der Waals surface area (Å²) in [6.45, 7) is 3.57. The maximum Gasteiger partial charge on any atom is 0.266 e. The van der Waals surface area contributed by atoms with Gasteiger partial charge in [0.1, 0.15) is 9.39 Å². The van der Waals surface area contributed by atoms with E-state index in [1.165, 1.54) is 6.33 Å². The number of nitrogens with zero attached hydrogens (tertiary/aromatic N) is 1. The summed E-state index contributed by atoms with van der Waals surface area (Å²) < 4.78 is 6.24. The molecule has 16 heavy (non-hydrogen) atoms. The van der Waals surface area contributed by atoms with Gasteiger partial charge in [-0.25, -0.2) is 4.98 Å². The third-order valence-electron chi connectivity index (χ3n) is 2.73. The minimum atomic E-state index is -0.132. The Morgan fingerprint density at radius 2 is 2.56 bits per heavy atom. The molecule has 1 fully saturated rings. The molecule has 0 spiro atoms. The molecule has 0 saturated carbocycles. The molecule has 2 N–H and O–H groups in total. The average molecular weight is 335 g/mol. The van der Waals surface area contributed by atoms with Gasteiger partial charge in [0.25, 0.3) is 5.56 Å². The predicted octanol–water partition coefficient (Wildman–Crippen LogP) is 1.36. The van der Waals surface area contributed by atoms with Crippen LogP contribution in [0.15, 0.2) is 11.1 Å². The van der Waals surface area contributed by atoms with Gasteiger partial charge in [0.05, 0.1) is 11.9 Å². The highest BCUT2D eigenvalue weighted by molar-refractivity contribution is 14.1. The monoisotopic (exact) mass is 335 g/mol. The molecule has 5 nitrogen and oxygen atoms in total. The summed E-state index contributed by atoms with van der Waals surface area (Å²) in [7, 11) is 0. The summed E-state index contributed by atoms with van der Waals surface area (Å²) in [6.07, 6.45) is 3.54. The van der Waals surface area contributed by atoms with E-state index < -0.39 is 0 Å². The van der Waals surface area contributed by atoms with Crippen LogP contribution < -0.4 is 10.9 Å². The van der Waals surface area contributed by atoms with Gasteiger partial charge >= 0.3 is 0 Å². The van der Waals surface area contributed by atoms with Gasteiger partial charge in [-0.3, -0.25) is 4.79 Å². The van der Waals surface area contributed by atoms with Crippen molar-refractivity contribution < 1.29 is 4.74 Å².